The van der Waals surface area contributed by atoms with Crippen molar-refractivity contribution in [3.8, 4) is 0 Å². The van der Waals surface area contributed by atoms with E-state index in [-0.39, 0.29) is 12.0 Å². The number of hydrogen-bond donors (Lipinski definition) is 1. The van der Waals surface area contributed by atoms with Gasteiger partial charge in [-0.05, 0) is 19.4 Å². The van der Waals surface area contributed by atoms with Crippen molar-refractivity contribution in [2.45, 2.75) is 32.7 Å². The van der Waals surface area contributed by atoms with Gasteiger partial charge in [0.25, 0.3) is 0 Å². The monoisotopic (exact) mass is 211 g/mol. The smallest absolute Gasteiger partial charge is 0.330 e. The number of ether oxygens (including phenoxy) is 1. The molecule has 0 saturated heterocycles. The number of carbonyl (C=O) groups is 1. The topological polar surface area (TPSA) is 70.1 Å². The molecule has 0 fully saturated rings. The van der Waals surface area contributed by atoms with Gasteiger partial charge in [0.1, 0.15) is 11.9 Å². The molecule has 0 amide bonds. The molecular weight excluding hydrogens is 194 g/mol. The van der Waals surface area contributed by atoms with Gasteiger partial charge in [-0.25, -0.2) is 4.79 Å². The number of esters is 1. The van der Waals surface area contributed by atoms with E-state index >= 15 is 0 Å². The van der Waals surface area contributed by atoms with Crippen LogP contribution >= 0.6 is 0 Å². The van der Waals surface area contributed by atoms with E-state index in [2.05, 4.69) is 5.10 Å². The van der Waals surface area contributed by atoms with Crippen molar-refractivity contribution in [3.63, 3.8) is 0 Å². The average Bonchev–Trinajstić information content (AvgIpc) is 2.61. The lowest BCUT2D eigenvalue weighted by Gasteiger charge is -2.14. The zero-order chi connectivity index (χ0) is 11.3. The second-order valence-electron chi connectivity index (χ2n) is 3.28. The third kappa shape index (κ3) is 2.97. The maximum Gasteiger partial charge on any atom is 0.330 e. The van der Waals surface area contributed by atoms with Crippen molar-refractivity contribution in [2.24, 2.45) is 0 Å². The molecule has 0 radical (unpaired) electrons. The predicted octanol–water partition coefficient (Wildman–Crippen LogP) is 1.37. The molecule has 0 bridgehead atoms. The largest absolute Gasteiger partial charge is 0.464 e. The Labute approximate surface area is 89.2 Å². The van der Waals surface area contributed by atoms with Crippen LogP contribution in [0.25, 0.3) is 0 Å². The quantitative estimate of drug-likeness (QED) is 0.747. The Bertz CT molecular complexity index is 322. The van der Waals surface area contributed by atoms with Gasteiger partial charge < -0.3 is 10.5 Å². The number of nitrogens with zero attached hydrogens (tertiary/aromatic N) is 2. The first-order chi connectivity index (χ1) is 7.19. The molecule has 0 spiro atoms. The molecule has 15 heavy (non-hydrogen) atoms. The number of carbonyl (C=O) groups excluding carboxylic acids is 1. The molecule has 0 aliphatic rings. The Morgan fingerprint density at radius 3 is 2.87 bits per heavy atom. The van der Waals surface area contributed by atoms with Crippen LogP contribution in [0.15, 0.2) is 12.3 Å². The van der Waals surface area contributed by atoms with E-state index in [0.717, 1.165) is 6.42 Å². The lowest BCUT2D eigenvalue weighted by molar-refractivity contribution is -0.147. The lowest BCUT2D eigenvalue weighted by atomic mass is 10.2. The molecule has 1 rings (SSSR count). The summed E-state index contributed by atoms with van der Waals surface area (Å²) in [7, 11) is 0. The first kappa shape index (κ1) is 11.6. The molecule has 0 aliphatic heterocycles. The van der Waals surface area contributed by atoms with Crippen molar-refractivity contribution in [3.05, 3.63) is 12.3 Å². The van der Waals surface area contributed by atoms with Gasteiger partial charge in [-0.1, -0.05) is 13.3 Å². The second kappa shape index (κ2) is 5.38. The zero-order valence-electron chi connectivity index (χ0n) is 9.14. The predicted molar refractivity (Wildman–Crippen MR) is 57.2 cm³/mol. The van der Waals surface area contributed by atoms with E-state index in [1.807, 2.05) is 6.92 Å². The molecule has 5 heteroatoms. The summed E-state index contributed by atoms with van der Waals surface area (Å²) < 4.78 is 6.55. The van der Waals surface area contributed by atoms with Crippen molar-refractivity contribution < 1.29 is 9.53 Å². The number of nitrogen functional groups attached to an aromatic ring is 1. The minimum atomic E-state index is -0.354. The van der Waals surface area contributed by atoms with Crippen molar-refractivity contribution in [2.75, 3.05) is 12.3 Å². The Morgan fingerprint density at radius 2 is 2.40 bits per heavy atom. The van der Waals surface area contributed by atoms with Crippen LogP contribution in [0.5, 0.6) is 0 Å². The second-order valence-corrected chi connectivity index (χ2v) is 3.28. The number of nitrogens with two attached hydrogens (primary N) is 1. The molecular formula is C10H17N3O2. The summed E-state index contributed by atoms with van der Waals surface area (Å²) in [6, 6.07) is 1.31. The SMILES string of the molecule is CCC[C@H](C(=O)OCC)n1ccc(N)n1. The van der Waals surface area contributed by atoms with Crippen LogP contribution in [0, 0.1) is 0 Å². The average molecular weight is 211 g/mol. The minimum absolute atomic E-state index is 0.248. The number of hydrogen-bond acceptors (Lipinski definition) is 4. The summed E-state index contributed by atoms with van der Waals surface area (Å²) in [6.45, 7) is 4.19. The molecule has 84 valence electrons. The van der Waals surface area contributed by atoms with Gasteiger partial charge in [0, 0.05) is 6.20 Å². The molecule has 0 aliphatic carbocycles. The summed E-state index contributed by atoms with van der Waals surface area (Å²) in [5.74, 6) is 0.169. The fourth-order valence-electron chi connectivity index (χ4n) is 1.40. The number of anilines is 1. The van der Waals surface area contributed by atoms with Gasteiger partial charge in [0.2, 0.25) is 0 Å². The molecule has 0 saturated carbocycles. The van der Waals surface area contributed by atoms with E-state index < -0.39 is 0 Å². The first-order valence-electron chi connectivity index (χ1n) is 5.16. The first-order valence-corrected chi connectivity index (χ1v) is 5.16. The highest BCUT2D eigenvalue weighted by Crippen LogP contribution is 2.15. The molecule has 1 atom stereocenters. The third-order valence-electron chi connectivity index (χ3n) is 2.07. The molecule has 5 nitrogen and oxygen atoms in total. The fourth-order valence-corrected chi connectivity index (χ4v) is 1.40. The van der Waals surface area contributed by atoms with Crippen LogP contribution in [-0.4, -0.2) is 22.4 Å². The van der Waals surface area contributed by atoms with Crippen molar-refractivity contribution >= 4 is 11.8 Å². The fraction of sp³-hybridized carbons (Fsp3) is 0.600. The Hall–Kier alpha value is -1.52. The minimum Gasteiger partial charge on any atom is -0.464 e. The van der Waals surface area contributed by atoms with E-state index in [0.29, 0.717) is 18.8 Å². The Balaban J connectivity index is 2.77. The normalized spacial score (nSPS) is 12.4. The number of aromatic nitrogens is 2. The van der Waals surface area contributed by atoms with Crippen LogP contribution in [0.2, 0.25) is 0 Å². The van der Waals surface area contributed by atoms with E-state index in [1.165, 1.54) is 0 Å². The van der Waals surface area contributed by atoms with Crippen LogP contribution in [0.3, 0.4) is 0 Å². The highest BCUT2D eigenvalue weighted by atomic mass is 16.5. The molecule has 1 aromatic rings. The standard InChI is InChI=1S/C10H17N3O2/c1-3-5-8(10(14)15-4-2)13-7-6-9(11)12-13/h6-8H,3-5H2,1-2H3,(H2,11,12)/t8-/m1/s1. The Morgan fingerprint density at radius 1 is 1.67 bits per heavy atom. The van der Waals surface area contributed by atoms with Crippen LogP contribution in [0.1, 0.15) is 32.7 Å². The molecule has 0 aromatic carbocycles. The van der Waals surface area contributed by atoms with Crippen LogP contribution in [-0.2, 0) is 9.53 Å². The maximum absolute atomic E-state index is 11.6. The van der Waals surface area contributed by atoms with E-state index in [4.69, 9.17) is 10.5 Å². The van der Waals surface area contributed by atoms with Crippen LogP contribution in [0.4, 0.5) is 5.82 Å². The molecule has 2 N–H and O–H groups in total. The molecule has 0 unspecified atom stereocenters. The summed E-state index contributed by atoms with van der Waals surface area (Å²) in [5.41, 5.74) is 5.50. The summed E-state index contributed by atoms with van der Waals surface area (Å²) >= 11 is 0. The zero-order valence-corrected chi connectivity index (χ0v) is 9.14. The van der Waals surface area contributed by atoms with Gasteiger partial charge in [0.05, 0.1) is 6.61 Å². The molecule has 1 aromatic heterocycles. The van der Waals surface area contributed by atoms with Crippen molar-refractivity contribution in [1.82, 2.24) is 9.78 Å². The lowest BCUT2D eigenvalue weighted by Crippen LogP contribution is -2.22. The number of rotatable bonds is 5. The third-order valence-corrected chi connectivity index (χ3v) is 2.07. The van der Waals surface area contributed by atoms with Gasteiger partial charge in [-0.2, -0.15) is 5.10 Å². The van der Waals surface area contributed by atoms with E-state index in [9.17, 15) is 4.79 Å². The Kier molecular flexibility index (Phi) is 4.15. The highest BCUT2D eigenvalue weighted by Gasteiger charge is 2.21. The highest BCUT2D eigenvalue weighted by molar-refractivity contribution is 5.74. The van der Waals surface area contributed by atoms with Gasteiger partial charge in [0.15, 0.2) is 0 Å². The van der Waals surface area contributed by atoms with E-state index in [1.54, 1.807) is 23.9 Å². The summed E-state index contributed by atoms with van der Waals surface area (Å²) in [5, 5.41) is 4.03. The molecule has 1 heterocycles. The van der Waals surface area contributed by atoms with Gasteiger partial charge in [-0.3, -0.25) is 4.68 Å². The van der Waals surface area contributed by atoms with Gasteiger partial charge >= 0.3 is 5.97 Å². The van der Waals surface area contributed by atoms with Crippen LogP contribution < -0.4 is 5.73 Å². The maximum atomic E-state index is 11.6. The summed E-state index contributed by atoms with van der Waals surface area (Å²) in [6.07, 6.45) is 3.30. The summed E-state index contributed by atoms with van der Waals surface area (Å²) in [4.78, 5) is 11.6. The van der Waals surface area contributed by atoms with Gasteiger partial charge in [-0.15, -0.1) is 0 Å². The van der Waals surface area contributed by atoms with Crippen molar-refractivity contribution in [1.29, 1.82) is 0 Å².